The quantitative estimate of drug-likeness (QED) is 0.867. The Morgan fingerprint density at radius 3 is 2.74 bits per heavy atom. The molecule has 1 heterocycles. The van der Waals surface area contributed by atoms with Gasteiger partial charge in [-0.3, -0.25) is 9.69 Å². The summed E-state index contributed by atoms with van der Waals surface area (Å²) in [6, 6.07) is 6.15. The van der Waals surface area contributed by atoms with E-state index < -0.39 is 0 Å². The number of hydrogen-bond acceptors (Lipinski definition) is 4. The van der Waals surface area contributed by atoms with E-state index in [9.17, 15) is 9.18 Å². The third-order valence-electron chi connectivity index (χ3n) is 2.60. The molecule has 0 N–H and O–H groups in total. The summed E-state index contributed by atoms with van der Waals surface area (Å²) >= 11 is 1.26. The lowest BCUT2D eigenvalue weighted by atomic mass is 10.2. The molecule has 100 valence electrons. The number of hydrogen-bond donors (Lipinski definition) is 0. The van der Waals surface area contributed by atoms with Crippen molar-refractivity contribution in [2.75, 3.05) is 11.9 Å². The van der Waals surface area contributed by atoms with Gasteiger partial charge < -0.3 is 0 Å². The zero-order valence-corrected chi connectivity index (χ0v) is 11.7. The first-order chi connectivity index (χ1) is 8.99. The van der Waals surface area contributed by atoms with E-state index in [1.54, 1.807) is 19.2 Å². The number of halogens is 1. The third-order valence-corrected chi connectivity index (χ3v) is 3.65. The lowest BCUT2D eigenvalue weighted by Crippen LogP contribution is -2.30. The van der Waals surface area contributed by atoms with Crippen molar-refractivity contribution in [2.24, 2.45) is 5.92 Å². The molecule has 0 saturated heterocycles. The molecule has 4 nitrogen and oxygen atoms in total. The Bertz CT molecular complexity index is 597. The molecule has 1 amide bonds. The van der Waals surface area contributed by atoms with E-state index in [1.807, 2.05) is 13.8 Å². The molecule has 0 bridgehead atoms. The second kappa shape index (κ2) is 5.44. The van der Waals surface area contributed by atoms with Crippen LogP contribution < -0.4 is 4.90 Å². The van der Waals surface area contributed by atoms with Crippen LogP contribution in [0.5, 0.6) is 0 Å². The van der Waals surface area contributed by atoms with Crippen molar-refractivity contribution >= 4 is 22.4 Å². The summed E-state index contributed by atoms with van der Waals surface area (Å²) in [5.41, 5.74) is 0.661. The number of nitrogens with zero attached hydrogens (tertiary/aromatic N) is 3. The minimum atomic E-state index is -0.319. The van der Waals surface area contributed by atoms with E-state index in [0.717, 1.165) is 0 Å². The van der Waals surface area contributed by atoms with E-state index in [0.29, 0.717) is 15.7 Å². The lowest BCUT2D eigenvalue weighted by molar-refractivity contribution is -0.121. The van der Waals surface area contributed by atoms with Crippen LogP contribution in [-0.2, 0) is 4.79 Å². The second-order valence-electron chi connectivity index (χ2n) is 4.45. The molecule has 2 aromatic rings. The van der Waals surface area contributed by atoms with Gasteiger partial charge in [-0.25, -0.2) is 4.39 Å². The Hall–Kier alpha value is -1.82. The number of benzene rings is 1. The number of anilines is 1. The normalized spacial score (nSPS) is 10.8. The minimum Gasteiger partial charge on any atom is -0.290 e. The van der Waals surface area contributed by atoms with Crippen molar-refractivity contribution in [1.29, 1.82) is 0 Å². The SMILES string of the molecule is CC(C)C(=O)N(C)c1nnc(-c2cccc(F)c2)s1. The Morgan fingerprint density at radius 1 is 1.37 bits per heavy atom. The van der Waals surface area contributed by atoms with Gasteiger partial charge in [0.15, 0.2) is 0 Å². The first-order valence-corrected chi connectivity index (χ1v) is 6.67. The van der Waals surface area contributed by atoms with Gasteiger partial charge in [0.2, 0.25) is 11.0 Å². The van der Waals surface area contributed by atoms with E-state index in [-0.39, 0.29) is 17.6 Å². The molecule has 0 spiro atoms. The van der Waals surface area contributed by atoms with Crippen LogP contribution >= 0.6 is 11.3 Å². The highest BCUT2D eigenvalue weighted by atomic mass is 32.1. The fraction of sp³-hybridized carbons (Fsp3) is 0.308. The van der Waals surface area contributed by atoms with Crippen LogP contribution in [0.3, 0.4) is 0 Å². The van der Waals surface area contributed by atoms with Crippen LogP contribution in [0.25, 0.3) is 10.6 Å². The van der Waals surface area contributed by atoms with E-state index >= 15 is 0 Å². The summed E-state index contributed by atoms with van der Waals surface area (Å²) in [5, 5.41) is 9.08. The molecule has 6 heteroatoms. The van der Waals surface area contributed by atoms with Crippen molar-refractivity contribution in [3.63, 3.8) is 0 Å². The van der Waals surface area contributed by atoms with Crippen LogP contribution in [0.1, 0.15) is 13.8 Å². The van der Waals surface area contributed by atoms with Crippen molar-refractivity contribution in [3.05, 3.63) is 30.1 Å². The first-order valence-electron chi connectivity index (χ1n) is 5.86. The molecule has 0 aliphatic heterocycles. The maximum Gasteiger partial charge on any atom is 0.231 e. The predicted octanol–water partition coefficient (Wildman–Crippen LogP) is 2.96. The van der Waals surface area contributed by atoms with Gasteiger partial charge in [0.25, 0.3) is 0 Å². The number of aromatic nitrogens is 2. The molecule has 0 saturated carbocycles. The van der Waals surface area contributed by atoms with Gasteiger partial charge in [0.05, 0.1) is 0 Å². The van der Waals surface area contributed by atoms with Crippen LogP contribution in [0.2, 0.25) is 0 Å². The molecular weight excluding hydrogens is 265 g/mol. The molecule has 2 rings (SSSR count). The molecule has 0 radical (unpaired) electrons. The molecular formula is C13H14FN3OS. The molecule has 0 fully saturated rings. The number of rotatable bonds is 3. The van der Waals surface area contributed by atoms with Gasteiger partial charge in [-0.2, -0.15) is 0 Å². The molecule has 1 aromatic carbocycles. The molecule has 0 unspecified atom stereocenters. The zero-order valence-electron chi connectivity index (χ0n) is 10.9. The second-order valence-corrected chi connectivity index (χ2v) is 5.41. The van der Waals surface area contributed by atoms with Crippen molar-refractivity contribution in [2.45, 2.75) is 13.8 Å². The summed E-state index contributed by atoms with van der Waals surface area (Å²) in [6.07, 6.45) is 0. The molecule has 0 aliphatic carbocycles. The van der Waals surface area contributed by atoms with Crippen molar-refractivity contribution < 1.29 is 9.18 Å². The van der Waals surface area contributed by atoms with Gasteiger partial charge in [-0.05, 0) is 12.1 Å². The minimum absolute atomic E-state index is 0.0260. The Labute approximate surface area is 114 Å². The molecule has 19 heavy (non-hydrogen) atoms. The van der Waals surface area contributed by atoms with Crippen molar-refractivity contribution in [3.8, 4) is 10.6 Å². The highest BCUT2D eigenvalue weighted by molar-refractivity contribution is 7.18. The summed E-state index contributed by atoms with van der Waals surface area (Å²) in [6.45, 7) is 3.65. The lowest BCUT2D eigenvalue weighted by Gasteiger charge is -2.14. The Morgan fingerprint density at radius 2 is 2.11 bits per heavy atom. The number of carbonyl (C=O) groups excluding carboxylic acids is 1. The summed E-state index contributed by atoms with van der Waals surface area (Å²) < 4.78 is 13.1. The van der Waals surface area contributed by atoms with Crippen molar-refractivity contribution in [1.82, 2.24) is 10.2 Å². The van der Waals surface area contributed by atoms with Crippen LogP contribution in [0, 0.1) is 11.7 Å². The highest BCUT2D eigenvalue weighted by Crippen LogP contribution is 2.28. The van der Waals surface area contributed by atoms with Gasteiger partial charge in [-0.15, -0.1) is 10.2 Å². The third kappa shape index (κ3) is 2.96. The largest absolute Gasteiger partial charge is 0.290 e. The predicted molar refractivity (Wildman–Crippen MR) is 73.6 cm³/mol. The molecule has 0 aliphatic rings. The van der Waals surface area contributed by atoms with E-state index in [1.165, 1.54) is 28.4 Å². The smallest absolute Gasteiger partial charge is 0.231 e. The maximum atomic E-state index is 13.1. The summed E-state index contributed by atoms with van der Waals surface area (Å²) in [7, 11) is 1.66. The molecule has 1 aromatic heterocycles. The van der Waals surface area contributed by atoms with Gasteiger partial charge in [-0.1, -0.05) is 37.3 Å². The maximum absolute atomic E-state index is 13.1. The molecule has 0 atom stereocenters. The zero-order chi connectivity index (χ0) is 14.0. The summed E-state index contributed by atoms with van der Waals surface area (Å²) in [4.78, 5) is 13.3. The van der Waals surface area contributed by atoms with Gasteiger partial charge >= 0.3 is 0 Å². The van der Waals surface area contributed by atoms with Crippen LogP contribution in [-0.4, -0.2) is 23.2 Å². The number of amides is 1. The highest BCUT2D eigenvalue weighted by Gasteiger charge is 2.18. The standard InChI is InChI=1S/C13H14FN3OS/c1-8(2)12(18)17(3)13-16-15-11(19-13)9-5-4-6-10(14)7-9/h4-8H,1-3H3. The Kier molecular flexibility index (Phi) is 3.90. The van der Waals surface area contributed by atoms with Crippen LogP contribution in [0.15, 0.2) is 24.3 Å². The first kappa shape index (κ1) is 13.6. The van der Waals surface area contributed by atoms with E-state index in [4.69, 9.17) is 0 Å². The van der Waals surface area contributed by atoms with Crippen LogP contribution in [0.4, 0.5) is 9.52 Å². The topological polar surface area (TPSA) is 46.1 Å². The van der Waals surface area contributed by atoms with Gasteiger partial charge in [0, 0.05) is 18.5 Å². The number of carbonyl (C=O) groups is 1. The average Bonchev–Trinajstić information content (AvgIpc) is 2.86. The fourth-order valence-corrected chi connectivity index (χ4v) is 2.38. The average molecular weight is 279 g/mol. The van der Waals surface area contributed by atoms with E-state index in [2.05, 4.69) is 10.2 Å². The monoisotopic (exact) mass is 279 g/mol. The fourth-order valence-electron chi connectivity index (χ4n) is 1.57. The summed E-state index contributed by atoms with van der Waals surface area (Å²) in [5.74, 6) is -0.450. The Balaban J connectivity index is 2.27. The van der Waals surface area contributed by atoms with Gasteiger partial charge in [0.1, 0.15) is 10.8 Å².